The van der Waals surface area contributed by atoms with Crippen LogP contribution in [0.5, 0.6) is 0 Å². The highest BCUT2D eigenvalue weighted by atomic mass is 32.2. The van der Waals surface area contributed by atoms with Gasteiger partial charge in [-0.2, -0.15) is 0 Å². The second-order valence-electron chi connectivity index (χ2n) is 4.96. The van der Waals surface area contributed by atoms with Gasteiger partial charge in [-0.1, -0.05) is 6.42 Å². The monoisotopic (exact) mass is 258 g/mol. The maximum Gasteiger partial charge on any atom is 0.267 e. The molecule has 1 aliphatic rings. The lowest BCUT2D eigenvalue weighted by molar-refractivity contribution is 0.416. The minimum atomic E-state index is -3.17. The lowest BCUT2D eigenvalue weighted by Crippen LogP contribution is -2.21. The first-order chi connectivity index (χ1) is 7.92. The molecule has 17 heavy (non-hydrogen) atoms. The van der Waals surface area contributed by atoms with Gasteiger partial charge in [0.25, 0.3) is 5.56 Å². The Bertz CT molecular complexity index is 550. The smallest absolute Gasteiger partial charge is 0.267 e. The first kappa shape index (κ1) is 12.4. The topological polar surface area (TPSA) is 82.8 Å². The molecule has 0 spiro atoms. The summed E-state index contributed by atoms with van der Waals surface area (Å²) in [5.74, 6) is 0.164. The quantitative estimate of drug-likeness (QED) is 0.853. The zero-order chi connectivity index (χ0) is 12.6. The highest BCUT2D eigenvalue weighted by Gasteiger charge is 2.29. The highest BCUT2D eigenvalue weighted by Crippen LogP contribution is 2.36. The fourth-order valence-electron chi connectivity index (χ4n) is 2.01. The van der Waals surface area contributed by atoms with Crippen LogP contribution in [0.25, 0.3) is 0 Å². The third-order valence-corrected chi connectivity index (χ3v) is 5.60. The molecular formula is C11H18N2O3S. The molecule has 6 heteroatoms. The molecule has 1 aromatic rings. The van der Waals surface area contributed by atoms with Gasteiger partial charge >= 0.3 is 0 Å². The van der Waals surface area contributed by atoms with E-state index in [-0.39, 0.29) is 17.2 Å². The van der Waals surface area contributed by atoms with Crippen molar-refractivity contribution in [3.8, 4) is 0 Å². The van der Waals surface area contributed by atoms with Gasteiger partial charge in [0.05, 0.1) is 16.7 Å². The van der Waals surface area contributed by atoms with Crippen molar-refractivity contribution in [3.05, 3.63) is 21.6 Å². The van der Waals surface area contributed by atoms with E-state index >= 15 is 0 Å². The van der Waals surface area contributed by atoms with E-state index in [1.165, 1.54) is 0 Å². The van der Waals surface area contributed by atoms with E-state index in [1.807, 2.05) is 0 Å². The molecule has 0 saturated heterocycles. The molecule has 1 saturated carbocycles. The Kier molecular flexibility index (Phi) is 3.16. The van der Waals surface area contributed by atoms with E-state index in [4.69, 9.17) is 0 Å². The standard InChI is InChI=1S/C11H18N2O3S/c1-7(2)17(15,16)6-9-10(8-4-3-5-8)11(14)13-12-9/h7-8H,3-6H2,1-2H3,(H2,12,13,14). The largest absolute Gasteiger partial charge is 0.301 e. The van der Waals surface area contributed by atoms with Gasteiger partial charge in [-0.15, -0.1) is 0 Å². The molecule has 0 bridgehead atoms. The first-order valence-corrected chi connectivity index (χ1v) is 7.64. The van der Waals surface area contributed by atoms with Gasteiger partial charge in [-0.25, -0.2) is 8.42 Å². The molecule has 96 valence electrons. The Labute approximate surface area is 101 Å². The molecule has 2 N–H and O–H groups in total. The van der Waals surface area contributed by atoms with Crippen LogP contribution in [0.2, 0.25) is 0 Å². The summed E-state index contributed by atoms with van der Waals surface area (Å²) in [6, 6.07) is 0. The second-order valence-corrected chi connectivity index (χ2v) is 7.51. The fraction of sp³-hybridized carbons (Fsp3) is 0.727. The summed E-state index contributed by atoms with van der Waals surface area (Å²) in [7, 11) is -3.17. The van der Waals surface area contributed by atoms with Crippen LogP contribution in [0.1, 0.15) is 50.3 Å². The third-order valence-electron chi connectivity index (χ3n) is 3.47. The van der Waals surface area contributed by atoms with Crippen molar-refractivity contribution >= 4 is 9.84 Å². The molecule has 1 aromatic heterocycles. The van der Waals surface area contributed by atoms with Crippen molar-refractivity contribution in [2.24, 2.45) is 0 Å². The van der Waals surface area contributed by atoms with Crippen molar-refractivity contribution in [1.82, 2.24) is 10.2 Å². The lowest BCUT2D eigenvalue weighted by atomic mass is 9.80. The Morgan fingerprint density at radius 2 is 1.94 bits per heavy atom. The summed E-state index contributed by atoms with van der Waals surface area (Å²) in [6.07, 6.45) is 3.08. The van der Waals surface area contributed by atoms with Crippen LogP contribution < -0.4 is 5.56 Å². The highest BCUT2D eigenvalue weighted by molar-refractivity contribution is 7.91. The van der Waals surface area contributed by atoms with Crippen molar-refractivity contribution in [2.75, 3.05) is 0 Å². The zero-order valence-corrected chi connectivity index (χ0v) is 10.9. The molecule has 2 rings (SSSR count). The second kappa shape index (κ2) is 4.33. The van der Waals surface area contributed by atoms with Crippen molar-refractivity contribution in [2.45, 2.75) is 50.0 Å². The van der Waals surface area contributed by atoms with Gasteiger partial charge in [0.15, 0.2) is 9.84 Å². The summed E-state index contributed by atoms with van der Waals surface area (Å²) in [4.78, 5) is 11.6. The van der Waals surface area contributed by atoms with E-state index in [1.54, 1.807) is 13.8 Å². The van der Waals surface area contributed by atoms with Crippen molar-refractivity contribution in [3.63, 3.8) is 0 Å². The van der Waals surface area contributed by atoms with Gasteiger partial charge in [0.1, 0.15) is 0 Å². The van der Waals surface area contributed by atoms with Gasteiger partial charge < -0.3 is 5.10 Å². The van der Waals surface area contributed by atoms with Crippen LogP contribution in [0.4, 0.5) is 0 Å². The normalized spacial score (nSPS) is 17.4. The minimum Gasteiger partial charge on any atom is -0.301 e. The summed E-state index contributed by atoms with van der Waals surface area (Å²) < 4.78 is 23.7. The molecule has 0 radical (unpaired) electrons. The van der Waals surface area contributed by atoms with Gasteiger partial charge in [-0.05, 0) is 32.6 Å². The van der Waals surface area contributed by atoms with Crippen LogP contribution >= 0.6 is 0 Å². The summed E-state index contributed by atoms with van der Waals surface area (Å²) in [5.41, 5.74) is 1.04. The molecule has 5 nitrogen and oxygen atoms in total. The number of H-pyrrole nitrogens is 2. The van der Waals surface area contributed by atoms with Gasteiger partial charge in [0, 0.05) is 5.56 Å². The van der Waals surface area contributed by atoms with E-state index in [0.717, 1.165) is 19.3 Å². The first-order valence-electron chi connectivity index (χ1n) is 5.93. The predicted molar refractivity (Wildman–Crippen MR) is 65.8 cm³/mol. The number of aromatic amines is 2. The van der Waals surface area contributed by atoms with Gasteiger partial charge in [-0.3, -0.25) is 9.89 Å². The fourth-order valence-corrected chi connectivity index (χ4v) is 2.98. The van der Waals surface area contributed by atoms with Gasteiger partial charge in [0.2, 0.25) is 0 Å². The maximum absolute atomic E-state index is 11.9. The average Bonchev–Trinajstić information content (AvgIpc) is 2.47. The molecule has 1 fully saturated rings. The number of rotatable bonds is 4. The zero-order valence-electron chi connectivity index (χ0n) is 10.1. The van der Waals surface area contributed by atoms with Crippen molar-refractivity contribution in [1.29, 1.82) is 0 Å². The van der Waals surface area contributed by atoms with Crippen LogP contribution in [-0.4, -0.2) is 23.9 Å². The van der Waals surface area contributed by atoms with Crippen LogP contribution in [0.15, 0.2) is 4.79 Å². The summed E-state index contributed by atoms with van der Waals surface area (Å²) in [5, 5.41) is 4.80. The summed E-state index contributed by atoms with van der Waals surface area (Å²) >= 11 is 0. The number of sulfone groups is 1. The van der Waals surface area contributed by atoms with Crippen LogP contribution in [0.3, 0.4) is 0 Å². The Morgan fingerprint density at radius 3 is 2.41 bits per heavy atom. The molecule has 0 aromatic carbocycles. The summed E-state index contributed by atoms with van der Waals surface area (Å²) in [6.45, 7) is 3.31. The average molecular weight is 258 g/mol. The number of nitrogens with one attached hydrogen (secondary N) is 2. The van der Waals surface area contributed by atoms with E-state index < -0.39 is 15.1 Å². The number of hydrogen-bond donors (Lipinski definition) is 2. The molecular weight excluding hydrogens is 240 g/mol. The van der Waals surface area contributed by atoms with E-state index in [0.29, 0.717) is 11.3 Å². The number of aromatic nitrogens is 2. The maximum atomic E-state index is 11.9. The SMILES string of the molecule is CC(C)S(=O)(=O)Cc1[nH][nH]c(=O)c1C1CCC1. The number of hydrogen-bond acceptors (Lipinski definition) is 3. The molecule has 0 amide bonds. The van der Waals surface area contributed by atoms with Crippen molar-refractivity contribution < 1.29 is 8.42 Å². The van der Waals surface area contributed by atoms with Crippen LogP contribution in [0, 0.1) is 0 Å². The Balaban J connectivity index is 2.31. The molecule has 1 aliphatic carbocycles. The Hall–Kier alpha value is -1.04. The lowest BCUT2D eigenvalue weighted by Gasteiger charge is -2.24. The molecule has 0 aliphatic heterocycles. The van der Waals surface area contributed by atoms with E-state index in [9.17, 15) is 13.2 Å². The van der Waals surface area contributed by atoms with Crippen LogP contribution in [-0.2, 0) is 15.6 Å². The molecule has 0 atom stereocenters. The third kappa shape index (κ3) is 2.31. The Morgan fingerprint density at radius 1 is 1.29 bits per heavy atom. The predicted octanol–water partition coefficient (Wildman–Crippen LogP) is 1.29. The van der Waals surface area contributed by atoms with E-state index in [2.05, 4.69) is 10.2 Å². The molecule has 1 heterocycles. The minimum absolute atomic E-state index is 0.0742. The molecule has 0 unspecified atom stereocenters.